The van der Waals surface area contributed by atoms with Gasteiger partial charge in [-0.15, -0.1) is 0 Å². The van der Waals surface area contributed by atoms with E-state index in [0.717, 1.165) is 0 Å². The quantitative estimate of drug-likeness (QED) is 0.741. The minimum atomic E-state index is -0.689. The van der Waals surface area contributed by atoms with E-state index in [1.54, 1.807) is 26.0 Å². The number of hydrogen-bond donors (Lipinski definition) is 1. The van der Waals surface area contributed by atoms with Gasteiger partial charge >= 0.3 is 5.97 Å². The molecule has 0 unspecified atom stereocenters. The Hall–Kier alpha value is -2.54. The van der Waals surface area contributed by atoms with E-state index < -0.39 is 5.97 Å². The Balaban J connectivity index is 2.25. The number of fused-ring (bicyclic) bond motifs is 1. The molecule has 2 aromatic heterocycles. The van der Waals surface area contributed by atoms with Gasteiger partial charge in [-0.1, -0.05) is 0 Å². The first-order valence-corrected chi connectivity index (χ1v) is 7.72. The largest absolute Gasteiger partial charge is 0.505 e. The monoisotopic (exact) mass is 332 g/mol. The second kappa shape index (κ2) is 5.92. The first-order valence-electron chi connectivity index (χ1n) is 6.95. The number of carbonyl (C=O) groups excluding carboxylic acids is 1. The predicted molar refractivity (Wildman–Crippen MR) is 85.2 cm³/mol. The minimum Gasteiger partial charge on any atom is -0.505 e. The number of esters is 1. The predicted octanol–water partition coefficient (Wildman–Crippen LogP) is 3.69. The molecule has 7 heteroatoms. The molecule has 118 valence electrons. The van der Waals surface area contributed by atoms with Crippen molar-refractivity contribution in [2.75, 3.05) is 6.61 Å². The molecule has 1 N–H and O–H groups in total. The van der Waals surface area contributed by atoms with Crippen LogP contribution < -0.4 is 0 Å². The SMILES string of the molecule is CCOC(=O)c1nc(C)c2snc(-c3ccc(F)cc3)c2c1O. The van der Waals surface area contributed by atoms with Crippen molar-refractivity contribution in [2.24, 2.45) is 0 Å². The molecule has 23 heavy (non-hydrogen) atoms. The Bertz CT molecular complexity index is 890. The summed E-state index contributed by atoms with van der Waals surface area (Å²) in [7, 11) is 0. The van der Waals surface area contributed by atoms with Gasteiger partial charge in [0, 0.05) is 5.56 Å². The van der Waals surface area contributed by atoms with Gasteiger partial charge in [-0.2, -0.15) is 4.37 Å². The molecule has 0 atom stereocenters. The zero-order valence-electron chi connectivity index (χ0n) is 12.5. The fourth-order valence-electron chi connectivity index (χ4n) is 2.29. The normalized spacial score (nSPS) is 10.9. The van der Waals surface area contributed by atoms with Gasteiger partial charge in [-0.05, 0) is 49.6 Å². The molecule has 0 aliphatic carbocycles. The van der Waals surface area contributed by atoms with Crippen molar-refractivity contribution in [2.45, 2.75) is 13.8 Å². The zero-order chi connectivity index (χ0) is 16.6. The van der Waals surface area contributed by atoms with Crippen molar-refractivity contribution < 1.29 is 19.0 Å². The summed E-state index contributed by atoms with van der Waals surface area (Å²) < 4.78 is 23.0. The van der Waals surface area contributed by atoms with Crippen LogP contribution in [0.4, 0.5) is 4.39 Å². The van der Waals surface area contributed by atoms with E-state index in [1.165, 1.54) is 23.7 Å². The number of aryl methyl sites for hydroxylation is 1. The summed E-state index contributed by atoms with van der Waals surface area (Å²) >= 11 is 1.17. The molecule has 0 bridgehead atoms. The summed E-state index contributed by atoms with van der Waals surface area (Å²) in [6.07, 6.45) is 0. The minimum absolute atomic E-state index is 0.139. The first kappa shape index (κ1) is 15.4. The molecule has 1 aromatic carbocycles. The van der Waals surface area contributed by atoms with E-state index >= 15 is 0 Å². The highest BCUT2D eigenvalue weighted by molar-refractivity contribution is 7.14. The molecule has 0 fully saturated rings. The average Bonchev–Trinajstić information content (AvgIpc) is 2.97. The molecular formula is C16H13FN2O3S. The van der Waals surface area contributed by atoms with Crippen LogP contribution in [0, 0.1) is 12.7 Å². The maximum absolute atomic E-state index is 13.1. The van der Waals surface area contributed by atoms with E-state index in [-0.39, 0.29) is 23.9 Å². The lowest BCUT2D eigenvalue weighted by Crippen LogP contribution is -2.08. The summed E-state index contributed by atoms with van der Waals surface area (Å²) in [5.41, 5.74) is 1.57. The molecule has 2 heterocycles. The van der Waals surface area contributed by atoms with E-state index in [9.17, 15) is 14.3 Å². The highest BCUT2D eigenvalue weighted by Gasteiger charge is 2.23. The standard InChI is InChI=1S/C16H13FN2O3S/c1-3-22-16(21)13-14(20)11-12(9-4-6-10(17)7-5-9)19-23-15(11)8(2)18-13/h4-7,20H,3H2,1-2H3. The lowest BCUT2D eigenvalue weighted by Gasteiger charge is -2.07. The topological polar surface area (TPSA) is 72.3 Å². The Morgan fingerprint density at radius 2 is 2.04 bits per heavy atom. The van der Waals surface area contributed by atoms with Crippen LogP contribution in [0.5, 0.6) is 5.75 Å². The number of pyridine rings is 1. The fourth-order valence-corrected chi connectivity index (χ4v) is 3.13. The summed E-state index contributed by atoms with van der Waals surface area (Å²) in [6, 6.07) is 5.78. The Morgan fingerprint density at radius 3 is 2.70 bits per heavy atom. The van der Waals surface area contributed by atoms with Crippen LogP contribution in [0.2, 0.25) is 0 Å². The van der Waals surface area contributed by atoms with Crippen molar-refractivity contribution in [1.82, 2.24) is 9.36 Å². The van der Waals surface area contributed by atoms with Crippen LogP contribution >= 0.6 is 11.5 Å². The number of hydrogen-bond acceptors (Lipinski definition) is 6. The lowest BCUT2D eigenvalue weighted by molar-refractivity contribution is 0.0516. The van der Waals surface area contributed by atoms with Gasteiger partial charge in [0.1, 0.15) is 5.82 Å². The lowest BCUT2D eigenvalue weighted by atomic mass is 10.1. The van der Waals surface area contributed by atoms with Crippen LogP contribution in [0.3, 0.4) is 0 Å². The molecule has 0 amide bonds. The van der Waals surface area contributed by atoms with Crippen molar-refractivity contribution in [1.29, 1.82) is 0 Å². The molecule has 0 aliphatic rings. The number of aromatic nitrogens is 2. The number of ether oxygens (including phenoxy) is 1. The highest BCUT2D eigenvalue weighted by Crippen LogP contribution is 2.39. The van der Waals surface area contributed by atoms with Gasteiger partial charge in [-0.3, -0.25) is 0 Å². The third-order valence-electron chi connectivity index (χ3n) is 3.35. The summed E-state index contributed by atoms with van der Waals surface area (Å²) in [6.45, 7) is 3.59. The number of nitrogens with zero attached hydrogens (tertiary/aromatic N) is 2. The number of halogens is 1. The Kier molecular flexibility index (Phi) is 3.96. The summed E-state index contributed by atoms with van der Waals surface area (Å²) in [5, 5.41) is 10.9. The molecule has 5 nitrogen and oxygen atoms in total. The van der Waals surface area contributed by atoms with Crippen molar-refractivity contribution in [3.05, 3.63) is 41.5 Å². The molecule has 0 spiro atoms. The van der Waals surface area contributed by atoms with Gasteiger partial charge in [0.05, 0.1) is 28.1 Å². The Morgan fingerprint density at radius 1 is 1.35 bits per heavy atom. The first-order chi connectivity index (χ1) is 11.0. The van der Waals surface area contributed by atoms with Gasteiger partial charge < -0.3 is 9.84 Å². The van der Waals surface area contributed by atoms with Gasteiger partial charge in [0.25, 0.3) is 0 Å². The van der Waals surface area contributed by atoms with E-state index in [0.29, 0.717) is 27.0 Å². The molecule has 3 rings (SSSR count). The number of rotatable bonds is 3. The summed E-state index contributed by atoms with van der Waals surface area (Å²) in [4.78, 5) is 16.1. The van der Waals surface area contributed by atoms with E-state index in [4.69, 9.17) is 4.74 Å². The molecule has 0 saturated heterocycles. The van der Waals surface area contributed by atoms with Gasteiger partial charge in [0.15, 0.2) is 11.4 Å². The van der Waals surface area contributed by atoms with E-state index in [1.807, 2.05) is 0 Å². The number of aromatic hydroxyl groups is 1. The third kappa shape index (κ3) is 2.63. The van der Waals surface area contributed by atoms with Crippen molar-refractivity contribution in [3.63, 3.8) is 0 Å². The maximum atomic E-state index is 13.1. The van der Waals surface area contributed by atoms with Crippen LogP contribution in [0.15, 0.2) is 24.3 Å². The zero-order valence-corrected chi connectivity index (χ0v) is 13.3. The van der Waals surface area contributed by atoms with Gasteiger partial charge in [0.2, 0.25) is 0 Å². The molecule has 0 radical (unpaired) electrons. The second-order valence-electron chi connectivity index (χ2n) is 4.86. The molecule has 3 aromatic rings. The van der Waals surface area contributed by atoms with Crippen molar-refractivity contribution >= 4 is 27.6 Å². The smallest absolute Gasteiger partial charge is 0.360 e. The van der Waals surface area contributed by atoms with Crippen LogP contribution in [-0.4, -0.2) is 27.0 Å². The fraction of sp³-hybridized carbons (Fsp3) is 0.188. The van der Waals surface area contributed by atoms with Gasteiger partial charge in [-0.25, -0.2) is 14.2 Å². The third-order valence-corrected chi connectivity index (χ3v) is 4.30. The maximum Gasteiger partial charge on any atom is 0.360 e. The highest BCUT2D eigenvalue weighted by atomic mass is 32.1. The molecule has 0 saturated carbocycles. The average molecular weight is 332 g/mol. The Labute approximate surface area is 135 Å². The summed E-state index contributed by atoms with van der Waals surface area (Å²) in [5.74, 6) is -1.31. The molecular weight excluding hydrogens is 319 g/mol. The number of carbonyl (C=O) groups is 1. The van der Waals surface area contributed by atoms with Crippen molar-refractivity contribution in [3.8, 4) is 17.0 Å². The number of benzene rings is 1. The van der Waals surface area contributed by atoms with Crippen LogP contribution in [0.1, 0.15) is 23.1 Å². The second-order valence-corrected chi connectivity index (χ2v) is 5.63. The van der Waals surface area contributed by atoms with Crippen LogP contribution in [0.25, 0.3) is 21.3 Å². The van der Waals surface area contributed by atoms with Crippen LogP contribution in [-0.2, 0) is 4.74 Å². The van der Waals surface area contributed by atoms with E-state index in [2.05, 4.69) is 9.36 Å². The molecule has 0 aliphatic heterocycles.